The fourth-order valence-corrected chi connectivity index (χ4v) is 7.57. The first-order chi connectivity index (χ1) is 27.5. The number of phosphoric acid groups is 1. The van der Waals surface area contributed by atoms with Crippen LogP contribution in [0.25, 0.3) is 0 Å². The van der Waals surface area contributed by atoms with Gasteiger partial charge in [-0.25, -0.2) is 4.57 Å². The zero-order valence-electron chi connectivity index (χ0n) is 39.2. The van der Waals surface area contributed by atoms with Crippen LogP contribution in [0.3, 0.4) is 0 Å². The van der Waals surface area contributed by atoms with Crippen molar-refractivity contribution < 1.29 is 52.9 Å². The Bertz CT molecular complexity index is 1100. The summed E-state index contributed by atoms with van der Waals surface area (Å²) in [4.78, 5) is 53.4. The minimum absolute atomic E-state index is 0.110. The van der Waals surface area contributed by atoms with E-state index in [0.717, 1.165) is 62.2 Å². The van der Waals surface area contributed by atoms with Gasteiger partial charge in [-0.05, 0) is 47.3 Å². The van der Waals surface area contributed by atoms with Gasteiger partial charge in [0, 0.05) is 12.8 Å². The molecule has 0 radical (unpaired) electrons. The van der Waals surface area contributed by atoms with Crippen LogP contribution in [-0.4, -0.2) is 69.9 Å². The van der Waals surface area contributed by atoms with Crippen LogP contribution in [0.1, 0.15) is 198 Å². The lowest BCUT2D eigenvalue weighted by molar-refractivity contribution is -0.162. The van der Waals surface area contributed by atoms with Gasteiger partial charge in [0.25, 0.3) is 0 Å². The molecule has 13 heteroatoms. The fraction of sp³-hybridized carbons (Fsp3) is 0.935. The Balaban J connectivity index is 0. The third-order valence-corrected chi connectivity index (χ3v) is 11.7. The van der Waals surface area contributed by atoms with Gasteiger partial charge in [0.05, 0.1) is 13.2 Å². The lowest BCUT2D eigenvalue weighted by Gasteiger charge is -2.20. The normalized spacial score (nSPS) is 16.0. The Morgan fingerprint density at radius 3 is 1.14 bits per heavy atom. The Kier molecular flexibility index (Phi) is 36.3. The summed E-state index contributed by atoms with van der Waals surface area (Å²) in [6.07, 6.45) is 21.1. The van der Waals surface area contributed by atoms with E-state index in [1.54, 1.807) is 0 Å². The highest BCUT2D eigenvalue weighted by Gasteiger charge is 2.24. The second-order valence-electron chi connectivity index (χ2n) is 19.1. The molecule has 0 fully saturated rings. The van der Waals surface area contributed by atoms with E-state index < -0.39 is 51.1 Å². The standard InChI is InChI=1S/C43H85O8P.C3H7NO3/c1-33(2)17-11-19-35(5)21-13-23-37(7)25-15-27-39(9)29-42(44)49-31-41(32-50-52(46,47)48)51-43(45)30-40(10)28-16-26-38(8)24-14-22-36(6)20-12-18-34(3)4;4-2(1-5)3(6)7/h33-41H,11-32H2,1-10H3,(H2,46,47,48);2,5H,1,4H2,(H,6,7). The first-order valence-corrected chi connectivity index (χ1v) is 24.7. The van der Waals surface area contributed by atoms with Gasteiger partial charge in [-0.1, -0.05) is 185 Å². The van der Waals surface area contributed by atoms with Crippen LogP contribution in [0, 0.1) is 47.3 Å². The van der Waals surface area contributed by atoms with Crippen molar-refractivity contribution in [2.75, 3.05) is 19.8 Å². The van der Waals surface area contributed by atoms with Crippen LogP contribution in [-0.2, 0) is 32.9 Å². The molecule has 0 rings (SSSR count). The number of carbonyl (C=O) groups excluding carboxylic acids is 2. The molecule has 0 aromatic carbocycles. The molecule has 8 unspecified atom stereocenters. The Morgan fingerprint density at radius 2 is 0.847 bits per heavy atom. The zero-order valence-corrected chi connectivity index (χ0v) is 40.1. The summed E-state index contributed by atoms with van der Waals surface area (Å²) in [6, 6.07) is -1.13. The minimum atomic E-state index is -4.78. The van der Waals surface area contributed by atoms with E-state index in [1.165, 1.54) is 77.0 Å². The highest BCUT2D eigenvalue weighted by Crippen LogP contribution is 2.36. The first kappa shape index (κ1) is 59.5. The molecule has 0 spiro atoms. The molecule has 0 aliphatic carbocycles. The summed E-state index contributed by atoms with van der Waals surface area (Å²) in [7, 11) is -4.78. The molecule has 0 aromatic rings. The third-order valence-electron chi connectivity index (χ3n) is 11.2. The molecule has 0 amide bonds. The van der Waals surface area contributed by atoms with E-state index >= 15 is 0 Å². The summed E-state index contributed by atoms with van der Waals surface area (Å²) >= 11 is 0. The van der Waals surface area contributed by atoms with E-state index in [4.69, 9.17) is 25.4 Å². The molecule has 0 saturated carbocycles. The highest BCUT2D eigenvalue weighted by molar-refractivity contribution is 7.46. The third kappa shape index (κ3) is 41.6. The van der Waals surface area contributed by atoms with Crippen LogP contribution in [0.4, 0.5) is 0 Å². The van der Waals surface area contributed by atoms with Gasteiger partial charge in [0.2, 0.25) is 0 Å². The molecule has 0 saturated heterocycles. The van der Waals surface area contributed by atoms with E-state index in [2.05, 4.69) is 59.9 Å². The van der Waals surface area contributed by atoms with Crippen molar-refractivity contribution in [1.29, 1.82) is 0 Å². The monoisotopic (exact) mass is 866 g/mol. The number of aliphatic carboxylic acids is 1. The summed E-state index contributed by atoms with van der Waals surface area (Å²) in [5.41, 5.74) is 4.77. The van der Waals surface area contributed by atoms with Gasteiger partial charge in [-0.15, -0.1) is 0 Å². The van der Waals surface area contributed by atoms with Crippen LogP contribution in [0.5, 0.6) is 0 Å². The molecule has 6 N–H and O–H groups in total. The molecule has 0 aliphatic heterocycles. The number of phosphoric ester groups is 1. The van der Waals surface area contributed by atoms with Gasteiger partial charge >= 0.3 is 25.7 Å². The van der Waals surface area contributed by atoms with Crippen molar-refractivity contribution in [3.8, 4) is 0 Å². The average molecular weight is 866 g/mol. The molecule has 59 heavy (non-hydrogen) atoms. The van der Waals surface area contributed by atoms with Crippen molar-refractivity contribution in [2.45, 2.75) is 210 Å². The van der Waals surface area contributed by atoms with Gasteiger partial charge < -0.3 is 35.2 Å². The molecule has 0 aromatic heterocycles. The van der Waals surface area contributed by atoms with Crippen molar-refractivity contribution >= 4 is 25.7 Å². The molecule has 8 atom stereocenters. The maximum atomic E-state index is 12.7. The van der Waals surface area contributed by atoms with Gasteiger partial charge in [-0.2, -0.15) is 0 Å². The molecule has 0 heterocycles. The van der Waals surface area contributed by atoms with Crippen LogP contribution in [0.15, 0.2) is 0 Å². The highest BCUT2D eigenvalue weighted by atomic mass is 31.2. The van der Waals surface area contributed by atoms with E-state index in [1.807, 2.05) is 13.8 Å². The average Bonchev–Trinajstić information content (AvgIpc) is 3.11. The summed E-state index contributed by atoms with van der Waals surface area (Å²) in [5, 5.41) is 15.9. The fourth-order valence-electron chi connectivity index (χ4n) is 7.21. The summed E-state index contributed by atoms with van der Waals surface area (Å²) < 4.78 is 26.9. The SMILES string of the molecule is CC(C)CCCC(C)CCCC(C)CCCC(C)CC(=O)OCC(COP(=O)(O)O)OC(=O)CC(C)CCCC(C)CCCC(C)CCCC(C)C.NC(CO)C(=O)O. The Morgan fingerprint density at radius 1 is 0.525 bits per heavy atom. The number of aliphatic hydroxyl groups is 1. The largest absolute Gasteiger partial charge is 0.480 e. The van der Waals surface area contributed by atoms with Crippen molar-refractivity contribution in [2.24, 2.45) is 53.1 Å². The molecular formula is C46H92NO11P. The second-order valence-corrected chi connectivity index (χ2v) is 20.4. The van der Waals surface area contributed by atoms with Crippen molar-refractivity contribution in [3.63, 3.8) is 0 Å². The Labute approximate surface area is 360 Å². The minimum Gasteiger partial charge on any atom is -0.480 e. The van der Waals surface area contributed by atoms with Crippen molar-refractivity contribution in [1.82, 2.24) is 0 Å². The Hall–Kier alpha value is -1.56. The summed E-state index contributed by atoms with van der Waals surface area (Å²) in [5.74, 6) is 2.69. The number of esters is 2. The zero-order chi connectivity index (χ0) is 45.4. The molecule has 0 bridgehead atoms. The number of carbonyl (C=O) groups is 3. The molecule has 12 nitrogen and oxygen atoms in total. The number of rotatable bonds is 36. The van der Waals surface area contributed by atoms with Crippen LogP contribution >= 0.6 is 7.82 Å². The number of hydrogen-bond donors (Lipinski definition) is 5. The van der Waals surface area contributed by atoms with Crippen LogP contribution in [0.2, 0.25) is 0 Å². The number of nitrogens with two attached hydrogens (primary N) is 1. The topological polar surface area (TPSA) is 203 Å². The van der Waals surface area contributed by atoms with E-state index in [-0.39, 0.29) is 31.3 Å². The quantitative estimate of drug-likeness (QED) is 0.0295. The van der Waals surface area contributed by atoms with Crippen molar-refractivity contribution in [3.05, 3.63) is 0 Å². The predicted molar refractivity (Wildman–Crippen MR) is 239 cm³/mol. The van der Waals surface area contributed by atoms with Gasteiger partial charge in [-0.3, -0.25) is 18.9 Å². The lowest BCUT2D eigenvalue weighted by atomic mass is 9.91. The van der Waals surface area contributed by atoms with Gasteiger partial charge in [0.15, 0.2) is 6.10 Å². The first-order valence-electron chi connectivity index (χ1n) is 23.2. The molecular weight excluding hydrogens is 773 g/mol. The number of aliphatic hydroxyl groups excluding tert-OH is 1. The number of carboxylic acid groups (broad SMARTS) is 1. The second kappa shape index (κ2) is 36.0. The number of carboxylic acids is 1. The smallest absolute Gasteiger partial charge is 0.469 e. The van der Waals surface area contributed by atoms with Crippen LogP contribution < -0.4 is 5.73 Å². The predicted octanol–water partition coefficient (Wildman–Crippen LogP) is 10.9. The maximum absolute atomic E-state index is 12.7. The summed E-state index contributed by atoms with van der Waals surface area (Å²) in [6.45, 7) is 21.3. The maximum Gasteiger partial charge on any atom is 0.469 e. The van der Waals surface area contributed by atoms with E-state index in [9.17, 15) is 28.7 Å². The van der Waals surface area contributed by atoms with Gasteiger partial charge in [0.1, 0.15) is 12.6 Å². The number of hydrogen-bond acceptors (Lipinski definition) is 9. The lowest BCUT2D eigenvalue weighted by Crippen LogP contribution is -2.33. The van der Waals surface area contributed by atoms with E-state index in [0.29, 0.717) is 11.8 Å². The molecule has 352 valence electrons. The molecule has 0 aliphatic rings. The number of ether oxygens (including phenoxy) is 2.